The minimum Gasteiger partial charge on any atom is -0.491 e. The maximum atomic E-state index is 10.2. The van der Waals surface area contributed by atoms with Crippen molar-refractivity contribution in [2.24, 2.45) is 0 Å². The molecule has 0 spiro atoms. The van der Waals surface area contributed by atoms with Crippen LogP contribution >= 0.6 is 15.9 Å². The van der Waals surface area contributed by atoms with Gasteiger partial charge in [0.05, 0.1) is 17.6 Å². The van der Waals surface area contributed by atoms with Gasteiger partial charge in [-0.25, -0.2) is 4.98 Å². The molecule has 0 aliphatic heterocycles. The van der Waals surface area contributed by atoms with Crippen molar-refractivity contribution in [2.45, 2.75) is 19.6 Å². The predicted molar refractivity (Wildman–Crippen MR) is 90.1 cm³/mol. The topological polar surface area (TPSA) is 47.3 Å². The van der Waals surface area contributed by atoms with Crippen LogP contribution in [0.4, 0.5) is 0 Å². The molecule has 1 N–H and O–H groups in total. The summed E-state index contributed by atoms with van der Waals surface area (Å²) in [5, 5.41) is 10.2. The summed E-state index contributed by atoms with van der Waals surface area (Å²) in [5.74, 6) is 1.64. The predicted octanol–water partition coefficient (Wildman–Crippen LogP) is 3.55. The molecule has 0 aliphatic carbocycles. The summed E-state index contributed by atoms with van der Waals surface area (Å²) in [7, 11) is 0. The molecule has 2 aromatic carbocycles. The number of hydrogen-bond acceptors (Lipinski definition) is 3. The lowest BCUT2D eigenvalue weighted by Gasteiger charge is -2.14. The van der Waals surface area contributed by atoms with Gasteiger partial charge in [-0.3, -0.25) is 0 Å². The molecule has 0 fully saturated rings. The summed E-state index contributed by atoms with van der Waals surface area (Å²) in [6, 6.07) is 15.5. The summed E-state index contributed by atoms with van der Waals surface area (Å²) in [6.07, 6.45) is -0.597. The Kier molecular flexibility index (Phi) is 4.45. The van der Waals surface area contributed by atoms with Crippen LogP contribution in [0.3, 0.4) is 0 Å². The molecule has 0 saturated heterocycles. The van der Waals surface area contributed by atoms with Gasteiger partial charge in [-0.05, 0) is 43.3 Å². The average Bonchev–Trinajstić information content (AvgIpc) is 2.83. The van der Waals surface area contributed by atoms with E-state index in [9.17, 15) is 5.11 Å². The highest BCUT2D eigenvalue weighted by molar-refractivity contribution is 9.10. The van der Waals surface area contributed by atoms with E-state index in [0.717, 1.165) is 27.1 Å². The quantitative estimate of drug-likeness (QED) is 0.756. The lowest BCUT2D eigenvalue weighted by atomic mass is 10.3. The Balaban J connectivity index is 1.67. The number of nitrogens with zero attached hydrogens (tertiary/aromatic N) is 2. The van der Waals surface area contributed by atoms with Crippen LogP contribution in [0.1, 0.15) is 5.82 Å². The zero-order chi connectivity index (χ0) is 15.5. The number of hydrogen-bond donors (Lipinski definition) is 1. The van der Waals surface area contributed by atoms with Crippen LogP contribution in [-0.2, 0) is 6.54 Å². The van der Waals surface area contributed by atoms with Gasteiger partial charge < -0.3 is 14.4 Å². The first kappa shape index (κ1) is 15.1. The lowest BCUT2D eigenvalue weighted by molar-refractivity contribution is 0.0929. The molecule has 0 bridgehead atoms. The molecular weight excluding hydrogens is 344 g/mol. The molecule has 22 heavy (non-hydrogen) atoms. The monoisotopic (exact) mass is 360 g/mol. The van der Waals surface area contributed by atoms with E-state index in [1.807, 2.05) is 60.0 Å². The molecular formula is C17H17BrN2O2. The molecule has 0 aliphatic rings. The summed E-state index contributed by atoms with van der Waals surface area (Å²) in [4.78, 5) is 4.50. The number of benzene rings is 2. The Morgan fingerprint density at radius 1 is 1.18 bits per heavy atom. The van der Waals surface area contributed by atoms with Crippen molar-refractivity contribution in [2.75, 3.05) is 6.61 Å². The second kappa shape index (κ2) is 6.50. The molecule has 3 aromatic rings. The minimum atomic E-state index is -0.597. The van der Waals surface area contributed by atoms with Gasteiger partial charge in [-0.2, -0.15) is 0 Å². The smallest absolute Gasteiger partial charge is 0.119 e. The number of para-hydroxylation sites is 2. The van der Waals surface area contributed by atoms with Crippen molar-refractivity contribution < 1.29 is 9.84 Å². The van der Waals surface area contributed by atoms with Crippen LogP contribution in [0, 0.1) is 6.92 Å². The lowest BCUT2D eigenvalue weighted by Crippen LogP contribution is -2.24. The number of aliphatic hydroxyl groups excluding tert-OH is 1. The summed E-state index contributed by atoms with van der Waals surface area (Å²) < 4.78 is 8.64. The molecule has 1 heterocycles. The zero-order valence-corrected chi connectivity index (χ0v) is 13.8. The Morgan fingerprint density at radius 2 is 1.91 bits per heavy atom. The maximum Gasteiger partial charge on any atom is 0.119 e. The largest absolute Gasteiger partial charge is 0.491 e. The zero-order valence-electron chi connectivity index (χ0n) is 12.2. The van der Waals surface area contributed by atoms with Crippen LogP contribution in [0.15, 0.2) is 53.0 Å². The highest BCUT2D eigenvalue weighted by atomic mass is 79.9. The van der Waals surface area contributed by atoms with Gasteiger partial charge in [0, 0.05) is 4.47 Å². The third-order valence-electron chi connectivity index (χ3n) is 3.49. The minimum absolute atomic E-state index is 0.244. The second-order valence-electron chi connectivity index (χ2n) is 5.18. The molecule has 1 aromatic heterocycles. The number of ether oxygens (including phenoxy) is 1. The molecule has 114 valence electrons. The second-order valence-corrected chi connectivity index (χ2v) is 6.09. The van der Waals surface area contributed by atoms with Gasteiger partial charge in [-0.1, -0.05) is 28.1 Å². The van der Waals surface area contributed by atoms with Gasteiger partial charge in [-0.15, -0.1) is 0 Å². The highest BCUT2D eigenvalue weighted by Gasteiger charge is 2.12. The van der Waals surface area contributed by atoms with Gasteiger partial charge >= 0.3 is 0 Å². The summed E-state index contributed by atoms with van der Waals surface area (Å²) >= 11 is 3.38. The highest BCUT2D eigenvalue weighted by Crippen LogP contribution is 2.18. The molecule has 1 atom stereocenters. The van der Waals surface area contributed by atoms with Crippen LogP contribution < -0.4 is 4.74 Å². The molecule has 0 unspecified atom stereocenters. The molecule has 0 radical (unpaired) electrons. The number of rotatable bonds is 5. The first-order chi connectivity index (χ1) is 10.6. The van der Waals surface area contributed by atoms with Gasteiger partial charge in [0.2, 0.25) is 0 Å². The summed E-state index contributed by atoms with van der Waals surface area (Å²) in [6.45, 7) is 2.65. The Bertz CT molecular complexity index is 768. The summed E-state index contributed by atoms with van der Waals surface area (Å²) in [5.41, 5.74) is 1.98. The number of aliphatic hydroxyl groups is 1. The van der Waals surface area contributed by atoms with E-state index < -0.39 is 6.10 Å². The van der Waals surface area contributed by atoms with Crippen molar-refractivity contribution in [1.29, 1.82) is 0 Å². The van der Waals surface area contributed by atoms with Crippen LogP contribution in [-0.4, -0.2) is 27.4 Å². The van der Waals surface area contributed by atoms with Gasteiger partial charge in [0.15, 0.2) is 0 Å². The van der Waals surface area contributed by atoms with E-state index in [1.165, 1.54) is 0 Å². The van der Waals surface area contributed by atoms with Crippen LogP contribution in [0.5, 0.6) is 5.75 Å². The van der Waals surface area contributed by atoms with Crippen molar-refractivity contribution >= 4 is 27.0 Å². The van der Waals surface area contributed by atoms with E-state index >= 15 is 0 Å². The van der Waals surface area contributed by atoms with E-state index in [4.69, 9.17) is 4.74 Å². The van der Waals surface area contributed by atoms with E-state index in [0.29, 0.717) is 6.54 Å². The number of aromatic nitrogens is 2. The van der Waals surface area contributed by atoms with Crippen molar-refractivity contribution in [3.63, 3.8) is 0 Å². The first-order valence-corrected chi connectivity index (χ1v) is 7.91. The molecule has 0 saturated carbocycles. The van der Waals surface area contributed by atoms with E-state index in [-0.39, 0.29) is 6.61 Å². The number of imidazole rings is 1. The third-order valence-corrected chi connectivity index (χ3v) is 4.02. The number of aryl methyl sites for hydroxylation is 1. The average molecular weight is 361 g/mol. The van der Waals surface area contributed by atoms with Gasteiger partial charge in [0.25, 0.3) is 0 Å². The van der Waals surface area contributed by atoms with Gasteiger partial charge in [0.1, 0.15) is 24.3 Å². The Morgan fingerprint density at radius 3 is 2.68 bits per heavy atom. The molecule has 5 heteroatoms. The number of fused-ring (bicyclic) bond motifs is 1. The Hall–Kier alpha value is -1.85. The fraction of sp³-hybridized carbons (Fsp3) is 0.235. The third kappa shape index (κ3) is 3.31. The standard InChI is InChI=1S/C17H17BrN2O2/c1-12-19-16-4-2-3-5-17(16)20(12)10-14(21)11-22-15-8-6-13(18)7-9-15/h2-9,14,21H,10-11H2,1H3/t14-/m1/s1. The SMILES string of the molecule is Cc1nc2ccccc2n1C[C@@H](O)COc1ccc(Br)cc1. The maximum absolute atomic E-state index is 10.2. The van der Waals surface area contributed by atoms with Crippen molar-refractivity contribution in [1.82, 2.24) is 9.55 Å². The molecule has 4 nitrogen and oxygen atoms in total. The first-order valence-electron chi connectivity index (χ1n) is 7.12. The van der Waals surface area contributed by atoms with Crippen molar-refractivity contribution in [3.05, 3.63) is 58.8 Å². The van der Waals surface area contributed by atoms with Crippen LogP contribution in [0.25, 0.3) is 11.0 Å². The molecule has 3 rings (SSSR count). The fourth-order valence-electron chi connectivity index (χ4n) is 2.41. The Labute approximate surface area is 137 Å². The number of halogens is 1. The normalized spacial score (nSPS) is 12.5. The molecule has 0 amide bonds. The van der Waals surface area contributed by atoms with E-state index in [2.05, 4.69) is 20.9 Å². The fourth-order valence-corrected chi connectivity index (χ4v) is 2.68. The van der Waals surface area contributed by atoms with E-state index in [1.54, 1.807) is 0 Å². The van der Waals surface area contributed by atoms with Crippen molar-refractivity contribution in [3.8, 4) is 5.75 Å². The van der Waals surface area contributed by atoms with Crippen LogP contribution in [0.2, 0.25) is 0 Å².